The average molecular weight is 424 g/mol. The third kappa shape index (κ3) is 6.37. The second-order valence-corrected chi connectivity index (χ2v) is 8.75. The molecule has 3 rings (SSSR count). The van der Waals surface area contributed by atoms with Crippen LogP contribution in [0.2, 0.25) is 0 Å². The van der Waals surface area contributed by atoms with E-state index in [0.717, 1.165) is 56.9 Å². The van der Waals surface area contributed by atoms with Gasteiger partial charge in [0.05, 0.1) is 5.41 Å². The molecule has 2 atom stereocenters. The highest BCUT2D eigenvalue weighted by molar-refractivity contribution is 5.97. The van der Waals surface area contributed by atoms with Crippen LogP contribution >= 0.6 is 0 Å². The Balaban J connectivity index is 1.60. The van der Waals surface area contributed by atoms with Crippen molar-refractivity contribution in [1.82, 2.24) is 4.98 Å². The molecule has 2 aromatic rings. The number of pyridine rings is 1. The number of nitrogens with two attached hydrogens (primary N) is 1. The average Bonchev–Trinajstić information content (AvgIpc) is 2.81. The number of ketones is 1. The summed E-state index contributed by atoms with van der Waals surface area (Å²) < 4.78 is 5.67. The van der Waals surface area contributed by atoms with Gasteiger partial charge in [0.1, 0.15) is 12.4 Å². The maximum Gasteiger partial charge on any atom is 0.312 e. The fourth-order valence-electron chi connectivity index (χ4n) is 4.32. The van der Waals surface area contributed by atoms with Gasteiger partial charge >= 0.3 is 5.97 Å². The molecule has 0 radical (unpaired) electrons. The highest BCUT2D eigenvalue weighted by Crippen LogP contribution is 2.36. The molecule has 0 saturated heterocycles. The molecule has 166 valence electrons. The number of hydrogen-bond acceptors (Lipinski definition) is 6. The van der Waals surface area contributed by atoms with Crippen molar-refractivity contribution in [3.8, 4) is 0 Å². The zero-order chi connectivity index (χ0) is 22.1. The number of esters is 1. The van der Waals surface area contributed by atoms with Crippen LogP contribution in [0.25, 0.3) is 0 Å². The van der Waals surface area contributed by atoms with Crippen molar-refractivity contribution in [2.75, 3.05) is 5.43 Å². The van der Waals surface area contributed by atoms with Crippen molar-refractivity contribution in [3.05, 3.63) is 59.8 Å². The van der Waals surface area contributed by atoms with E-state index in [1.165, 1.54) is 0 Å². The lowest BCUT2D eigenvalue weighted by Crippen LogP contribution is -2.31. The highest BCUT2D eigenvalue weighted by atomic mass is 16.5. The predicted molar refractivity (Wildman–Crippen MR) is 121 cm³/mol. The van der Waals surface area contributed by atoms with Gasteiger partial charge in [-0.2, -0.15) is 0 Å². The standard InChI is InChI=1S/C25H33N3O3/c1-25(24(30)31-18-19-9-4-2-5-10-19)15-7-3-6-11-20(12-8-16-25)23(29)21-13-14-22(28-26)27-17-21/h2,4-5,9-10,13-14,17,20H,3,6-8,11-12,15-16,18,26H2,1H3,(H,27,28). The van der Waals surface area contributed by atoms with Gasteiger partial charge in [-0.3, -0.25) is 9.59 Å². The van der Waals surface area contributed by atoms with Crippen molar-refractivity contribution in [1.29, 1.82) is 0 Å². The Kier molecular flexibility index (Phi) is 8.18. The maximum atomic E-state index is 13.0. The zero-order valence-corrected chi connectivity index (χ0v) is 18.3. The third-order valence-electron chi connectivity index (χ3n) is 6.33. The number of benzene rings is 1. The Bertz CT molecular complexity index is 854. The van der Waals surface area contributed by atoms with Crippen LogP contribution in [0.5, 0.6) is 0 Å². The summed E-state index contributed by atoms with van der Waals surface area (Å²) in [7, 11) is 0. The van der Waals surface area contributed by atoms with Gasteiger partial charge in [-0.25, -0.2) is 10.8 Å². The van der Waals surface area contributed by atoms with E-state index in [-0.39, 0.29) is 17.7 Å². The smallest absolute Gasteiger partial charge is 0.312 e. The van der Waals surface area contributed by atoms with Gasteiger partial charge in [0.15, 0.2) is 5.78 Å². The van der Waals surface area contributed by atoms with E-state index in [2.05, 4.69) is 10.4 Å². The number of hydrazine groups is 1. The Hall–Kier alpha value is -2.73. The number of rotatable bonds is 6. The molecular formula is C25H33N3O3. The number of hydrogen-bond donors (Lipinski definition) is 2. The SMILES string of the molecule is CC1(C(=O)OCc2ccccc2)CCCCCC(C(=O)c2ccc(NN)nc2)CCC1. The second-order valence-electron chi connectivity index (χ2n) is 8.75. The van der Waals surface area contributed by atoms with Crippen molar-refractivity contribution in [2.24, 2.45) is 17.2 Å². The van der Waals surface area contributed by atoms with E-state index < -0.39 is 5.41 Å². The monoisotopic (exact) mass is 423 g/mol. The van der Waals surface area contributed by atoms with Gasteiger partial charge in [-0.05, 0) is 50.3 Å². The predicted octanol–water partition coefficient (Wildman–Crippen LogP) is 5.05. The lowest BCUT2D eigenvalue weighted by atomic mass is 9.76. The Labute approximate surface area is 184 Å². The van der Waals surface area contributed by atoms with Crippen molar-refractivity contribution >= 4 is 17.6 Å². The summed E-state index contributed by atoms with van der Waals surface area (Å²) in [6.07, 6.45) is 8.60. The number of nitrogens with zero attached hydrogens (tertiary/aromatic N) is 1. The minimum Gasteiger partial charge on any atom is -0.460 e. The first kappa shape index (κ1) is 22.9. The molecule has 1 aliphatic rings. The van der Waals surface area contributed by atoms with E-state index in [1.54, 1.807) is 18.3 Å². The summed E-state index contributed by atoms with van der Waals surface area (Å²) in [5.41, 5.74) is 3.59. The summed E-state index contributed by atoms with van der Waals surface area (Å²) in [5, 5.41) is 0. The largest absolute Gasteiger partial charge is 0.460 e. The number of carbonyl (C=O) groups is 2. The first-order chi connectivity index (χ1) is 15.0. The van der Waals surface area contributed by atoms with E-state index in [4.69, 9.17) is 10.6 Å². The fourth-order valence-corrected chi connectivity index (χ4v) is 4.32. The summed E-state index contributed by atoms with van der Waals surface area (Å²) in [6.45, 7) is 2.32. The normalized spacial score (nSPS) is 22.3. The van der Waals surface area contributed by atoms with Gasteiger partial charge in [-0.1, -0.05) is 56.0 Å². The minimum absolute atomic E-state index is 0.0406. The van der Waals surface area contributed by atoms with Gasteiger partial charge in [0.2, 0.25) is 0 Å². The summed E-state index contributed by atoms with van der Waals surface area (Å²) in [6, 6.07) is 13.3. The van der Waals surface area contributed by atoms with Crippen LogP contribution in [0, 0.1) is 11.3 Å². The lowest BCUT2D eigenvalue weighted by Gasteiger charge is -2.29. The van der Waals surface area contributed by atoms with Gasteiger partial charge in [0.25, 0.3) is 0 Å². The van der Waals surface area contributed by atoms with E-state index in [9.17, 15) is 9.59 Å². The molecule has 0 spiro atoms. The highest BCUT2D eigenvalue weighted by Gasteiger charge is 2.35. The van der Waals surface area contributed by atoms with Crippen molar-refractivity contribution < 1.29 is 14.3 Å². The molecule has 6 nitrogen and oxygen atoms in total. The maximum absolute atomic E-state index is 13.0. The molecule has 1 aromatic carbocycles. The molecule has 3 N–H and O–H groups in total. The molecule has 1 aromatic heterocycles. The number of nitrogen functional groups attached to an aromatic ring is 1. The van der Waals surface area contributed by atoms with Crippen LogP contribution in [-0.2, 0) is 16.1 Å². The van der Waals surface area contributed by atoms with E-state index >= 15 is 0 Å². The first-order valence-electron chi connectivity index (χ1n) is 11.2. The molecule has 1 aliphatic carbocycles. The summed E-state index contributed by atoms with van der Waals surface area (Å²) in [4.78, 5) is 30.1. The van der Waals surface area contributed by atoms with Gasteiger partial charge in [-0.15, -0.1) is 0 Å². The summed E-state index contributed by atoms with van der Waals surface area (Å²) >= 11 is 0. The topological polar surface area (TPSA) is 94.3 Å². The fraction of sp³-hybridized carbons (Fsp3) is 0.480. The second kappa shape index (κ2) is 11.0. The molecular weight excluding hydrogens is 390 g/mol. The number of aromatic nitrogens is 1. The molecule has 1 fully saturated rings. The number of anilines is 1. The summed E-state index contributed by atoms with van der Waals surface area (Å²) in [5.74, 6) is 5.85. The van der Waals surface area contributed by atoms with Crippen molar-refractivity contribution in [2.45, 2.75) is 64.9 Å². The molecule has 31 heavy (non-hydrogen) atoms. The van der Waals surface area contributed by atoms with Gasteiger partial charge < -0.3 is 10.2 Å². The van der Waals surface area contributed by atoms with Crippen molar-refractivity contribution in [3.63, 3.8) is 0 Å². The molecule has 1 heterocycles. The molecule has 0 bridgehead atoms. The molecule has 0 aliphatic heterocycles. The Morgan fingerprint density at radius 1 is 1.06 bits per heavy atom. The van der Waals surface area contributed by atoms with E-state index in [0.29, 0.717) is 18.0 Å². The molecule has 2 unspecified atom stereocenters. The number of carbonyl (C=O) groups excluding carboxylic acids is 2. The number of nitrogens with one attached hydrogen (secondary N) is 1. The van der Waals surface area contributed by atoms with Crippen LogP contribution < -0.4 is 11.3 Å². The van der Waals surface area contributed by atoms with Crippen LogP contribution in [0.4, 0.5) is 5.82 Å². The minimum atomic E-state index is -0.504. The lowest BCUT2D eigenvalue weighted by molar-refractivity contribution is -0.157. The number of Topliss-reactive ketones (excluding diaryl/α,β-unsaturated/α-hetero) is 1. The molecule has 0 amide bonds. The zero-order valence-electron chi connectivity index (χ0n) is 18.3. The molecule has 1 saturated carbocycles. The van der Waals surface area contributed by atoms with Crippen LogP contribution in [0.15, 0.2) is 48.7 Å². The van der Waals surface area contributed by atoms with Crippen LogP contribution in [-0.4, -0.2) is 16.7 Å². The quantitative estimate of drug-likeness (QED) is 0.292. The third-order valence-corrected chi connectivity index (χ3v) is 6.33. The molecule has 6 heteroatoms. The number of ether oxygens (including phenoxy) is 1. The van der Waals surface area contributed by atoms with Crippen LogP contribution in [0.1, 0.15) is 74.2 Å². The first-order valence-corrected chi connectivity index (χ1v) is 11.2. The van der Waals surface area contributed by atoms with E-state index in [1.807, 2.05) is 37.3 Å². The van der Waals surface area contributed by atoms with Gasteiger partial charge in [0, 0.05) is 17.7 Å². The van der Waals surface area contributed by atoms with Crippen LogP contribution in [0.3, 0.4) is 0 Å². The Morgan fingerprint density at radius 2 is 1.81 bits per heavy atom. The Morgan fingerprint density at radius 3 is 2.52 bits per heavy atom.